The highest BCUT2D eigenvalue weighted by Gasteiger charge is 2.47. The Balaban J connectivity index is 2.47. The van der Waals surface area contributed by atoms with E-state index in [-0.39, 0.29) is 0 Å². The van der Waals surface area contributed by atoms with E-state index in [1.807, 2.05) is 0 Å². The molecule has 1 fully saturated rings. The Bertz CT molecular complexity index is 804. The van der Waals surface area contributed by atoms with Gasteiger partial charge in [0.15, 0.2) is 0 Å². The van der Waals surface area contributed by atoms with Gasteiger partial charge in [-0.2, -0.15) is 0 Å². The molecule has 22 heavy (non-hydrogen) atoms. The summed E-state index contributed by atoms with van der Waals surface area (Å²) in [5.41, 5.74) is 9.00. The Labute approximate surface area is 128 Å². The maximum atomic E-state index is 12.9. The van der Waals surface area contributed by atoms with Gasteiger partial charge in [-0.15, -0.1) is 4.79 Å². The molecule has 0 aliphatic heterocycles. The van der Waals surface area contributed by atoms with Crippen molar-refractivity contribution >= 4 is 24.1 Å². The van der Waals surface area contributed by atoms with Crippen LogP contribution in [0.15, 0.2) is 29.2 Å². The smallest absolute Gasteiger partial charge is 0.359 e. The van der Waals surface area contributed by atoms with E-state index in [0.29, 0.717) is 25.7 Å². The van der Waals surface area contributed by atoms with Gasteiger partial charge in [0.1, 0.15) is 5.82 Å². The second-order valence-electron chi connectivity index (χ2n) is 5.13. The van der Waals surface area contributed by atoms with E-state index in [0.717, 1.165) is 30.7 Å². The van der Waals surface area contributed by atoms with Gasteiger partial charge < -0.3 is 5.53 Å². The Morgan fingerprint density at radius 2 is 1.59 bits per heavy atom. The van der Waals surface area contributed by atoms with Crippen molar-refractivity contribution in [1.82, 2.24) is 0 Å². The summed E-state index contributed by atoms with van der Waals surface area (Å²) in [4.78, 5) is 2.12. The number of hydrogen-bond donors (Lipinski definition) is 0. The summed E-state index contributed by atoms with van der Waals surface area (Å²) in [5, 5.41) is -0.873. The summed E-state index contributed by atoms with van der Waals surface area (Å²) >= 11 is 0. The highest BCUT2D eigenvalue weighted by atomic mass is 32.3. The molecule has 0 radical (unpaired) electrons. The monoisotopic (exact) mass is 346 g/mol. The Morgan fingerprint density at radius 3 is 2.09 bits per heavy atom. The van der Waals surface area contributed by atoms with E-state index in [2.05, 4.69) is 4.79 Å². The normalized spacial score (nSPS) is 17.0. The number of rotatable bonds is 2. The number of hydrogen-bond acceptors (Lipinski definition) is 4. The van der Waals surface area contributed by atoms with E-state index >= 15 is 0 Å². The van der Waals surface area contributed by atoms with Gasteiger partial charge in [-0.3, -0.25) is 0 Å². The van der Waals surface area contributed by atoms with Crippen LogP contribution in [0.1, 0.15) is 32.1 Å². The van der Waals surface area contributed by atoms with Crippen LogP contribution in [-0.4, -0.2) is 31.3 Å². The molecule has 1 aromatic rings. The molecule has 0 unspecified atom stereocenters. The number of halogens is 1. The summed E-state index contributed by atoms with van der Waals surface area (Å²) in [6, 6.07) is 3.67. The number of nitrogens with zero attached hydrogens (tertiary/aromatic N) is 2. The molecule has 1 saturated carbocycles. The summed E-state index contributed by atoms with van der Waals surface area (Å²) < 4.78 is 61.3. The Hall–Kier alpha value is -1.57. The first-order valence-electron chi connectivity index (χ1n) is 6.77. The molecule has 1 aromatic carbocycles. The summed E-state index contributed by atoms with van der Waals surface area (Å²) in [5.74, 6) is -0.656. The van der Waals surface area contributed by atoms with Crippen LogP contribution in [-0.2, 0) is 19.7 Å². The van der Waals surface area contributed by atoms with Crippen molar-refractivity contribution in [1.29, 1.82) is 0 Å². The first-order chi connectivity index (χ1) is 10.3. The predicted octanol–water partition coefficient (Wildman–Crippen LogP) is 1.93. The van der Waals surface area contributed by atoms with Gasteiger partial charge in [-0.1, -0.05) is 19.3 Å². The fraction of sp³-hybridized carbons (Fsp3) is 0.462. The van der Waals surface area contributed by atoms with Crippen molar-refractivity contribution < 1.29 is 26.0 Å². The van der Waals surface area contributed by atoms with E-state index < -0.39 is 40.0 Å². The minimum absolute atomic E-state index is 0.334. The molecule has 0 amide bonds. The molecule has 0 N–H and O–H groups in total. The van der Waals surface area contributed by atoms with Crippen molar-refractivity contribution in [2.75, 3.05) is 0 Å². The fourth-order valence-electron chi connectivity index (χ4n) is 2.50. The third kappa shape index (κ3) is 3.11. The molecule has 6 nitrogen and oxygen atoms in total. The first-order valence-corrected chi connectivity index (χ1v) is 9.79. The van der Waals surface area contributed by atoms with Gasteiger partial charge in [-0.05, 0) is 37.1 Å². The van der Waals surface area contributed by atoms with Crippen molar-refractivity contribution in [2.24, 2.45) is 0 Å². The lowest BCUT2D eigenvalue weighted by Gasteiger charge is -2.19. The maximum absolute atomic E-state index is 12.9. The minimum Gasteiger partial charge on any atom is -0.359 e. The average molecular weight is 346 g/mol. The van der Waals surface area contributed by atoms with Crippen LogP contribution in [0, 0.1) is 5.82 Å². The molecule has 0 aromatic heterocycles. The van der Waals surface area contributed by atoms with Gasteiger partial charge in [-0.25, -0.2) is 21.2 Å². The Morgan fingerprint density at radius 1 is 1.05 bits per heavy atom. The predicted molar refractivity (Wildman–Crippen MR) is 78.0 cm³/mol. The minimum atomic E-state index is -4.53. The molecule has 0 saturated heterocycles. The zero-order chi connectivity index (χ0) is 16.4. The van der Waals surface area contributed by atoms with Gasteiger partial charge in [0.2, 0.25) is 0 Å². The Kier molecular flexibility index (Phi) is 4.79. The topological polar surface area (TPSA) is 105 Å². The quantitative estimate of drug-likeness (QED) is 0.268. The standard InChI is InChI=1S/C13H15FN2O4S2/c14-10-6-8-12(9-7-10)22(19,20)13(16-15)21(17,18)11-4-2-1-3-5-11/h6-9,11H,1-5H2. The molecule has 0 heterocycles. The van der Waals surface area contributed by atoms with Crippen LogP contribution in [0.5, 0.6) is 0 Å². The molecule has 1 aliphatic carbocycles. The zero-order valence-corrected chi connectivity index (χ0v) is 13.3. The SMILES string of the molecule is [N-]=[N+]=C(S(=O)(=O)c1ccc(F)cc1)S(=O)(=O)C1CCCCC1. The van der Waals surface area contributed by atoms with E-state index in [1.54, 1.807) is 0 Å². The van der Waals surface area contributed by atoms with Gasteiger partial charge in [0, 0.05) is 0 Å². The number of sulfone groups is 2. The largest absolute Gasteiger partial charge is 0.499 e. The average Bonchev–Trinajstić information content (AvgIpc) is 2.48. The first kappa shape index (κ1) is 16.8. The number of benzene rings is 1. The third-order valence-electron chi connectivity index (χ3n) is 3.67. The summed E-state index contributed by atoms with van der Waals surface area (Å²) in [7, 11) is -8.80. The lowest BCUT2D eigenvalue weighted by atomic mass is 10.0. The van der Waals surface area contributed by atoms with Crippen LogP contribution in [0.4, 0.5) is 4.39 Å². The second-order valence-corrected chi connectivity index (χ2v) is 9.40. The van der Waals surface area contributed by atoms with Crippen LogP contribution < -0.4 is 0 Å². The van der Waals surface area contributed by atoms with E-state index in [9.17, 15) is 21.2 Å². The van der Waals surface area contributed by atoms with Crippen molar-refractivity contribution in [3.8, 4) is 0 Å². The van der Waals surface area contributed by atoms with Crippen LogP contribution in [0.25, 0.3) is 5.53 Å². The van der Waals surface area contributed by atoms with Crippen LogP contribution in [0.2, 0.25) is 0 Å². The summed E-state index contributed by atoms with van der Waals surface area (Å²) in [6.45, 7) is 0. The van der Waals surface area contributed by atoms with E-state index in [4.69, 9.17) is 5.53 Å². The van der Waals surface area contributed by atoms with Gasteiger partial charge in [0.25, 0.3) is 19.7 Å². The zero-order valence-electron chi connectivity index (χ0n) is 11.6. The molecule has 9 heteroatoms. The molecular formula is C13H15FN2O4S2. The highest BCUT2D eigenvalue weighted by molar-refractivity contribution is 8.31. The molecule has 2 rings (SSSR count). The molecule has 1 aliphatic rings. The van der Waals surface area contributed by atoms with Crippen LogP contribution >= 0.6 is 0 Å². The fourth-order valence-corrected chi connectivity index (χ4v) is 6.57. The lowest BCUT2D eigenvalue weighted by Crippen LogP contribution is -2.35. The van der Waals surface area contributed by atoms with Crippen molar-refractivity contribution in [3.63, 3.8) is 0 Å². The van der Waals surface area contributed by atoms with Gasteiger partial charge in [0.05, 0.1) is 10.1 Å². The third-order valence-corrected chi connectivity index (χ3v) is 8.38. The summed E-state index contributed by atoms with van der Waals surface area (Å²) in [6.07, 6.45) is 2.92. The van der Waals surface area contributed by atoms with Crippen molar-refractivity contribution in [2.45, 2.75) is 42.2 Å². The van der Waals surface area contributed by atoms with Crippen LogP contribution in [0.3, 0.4) is 0 Å². The van der Waals surface area contributed by atoms with Gasteiger partial charge >= 0.3 is 4.38 Å². The highest BCUT2D eigenvalue weighted by Crippen LogP contribution is 2.27. The molecular weight excluding hydrogens is 331 g/mol. The lowest BCUT2D eigenvalue weighted by molar-refractivity contribution is 0.00370. The second kappa shape index (κ2) is 6.28. The van der Waals surface area contributed by atoms with E-state index in [1.165, 1.54) is 0 Å². The maximum Gasteiger partial charge on any atom is 0.499 e. The molecule has 0 atom stereocenters. The molecule has 0 spiro atoms. The molecule has 120 valence electrons. The van der Waals surface area contributed by atoms with Crippen molar-refractivity contribution in [3.05, 3.63) is 35.6 Å². The molecule has 0 bridgehead atoms.